The summed E-state index contributed by atoms with van der Waals surface area (Å²) < 4.78 is 0. The average molecular weight is 237 g/mol. The molecule has 0 saturated heterocycles. The first-order valence-electron chi connectivity index (χ1n) is 5.92. The van der Waals surface area contributed by atoms with E-state index < -0.39 is 0 Å². The van der Waals surface area contributed by atoms with E-state index in [4.69, 9.17) is 5.73 Å². The highest BCUT2D eigenvalue weighted by Crippen LogP contribution is 2.24. The van der Waals surface area contributed by atoms with E-state index in [1.807, 2.05) is 0 Å². The molecule has 2 rings (SSSR count). The van der Waals surface area contributed by atoms with E-state index in [1.54, 1.807) is 0 Å². The summed E-state index contributed by atoms with van der Waals surface area (Å²) >= 11 is 1.52. The van der Waals surface area contributed by atoms with Crippen molar-refractivity contribution >= 4 is 22.0 Å². The summed E-state index contributed by atoms with van der Waals surface area (Å²) in [6.45, 7) is 5.68. The van der Waals surface area contributed by atoms with Crippen LogP contribution in [0.25, 0.3) is 5.57 Å². The SMILES string of the molecule is CCCCN1CC=C(c2csc(N)n2)CC1. The Hall–Kier alpha value is -0.870. The molecule has 0 radical (unpaired) electrons. The van der Waals surface area contributed by atoms with Crippen molar-refractivity contribution in [1.82, 2.24) is 9.88 Å². The van der Waals surface area contributed by atoms with Gasteiger partial charge >= 0.3 is 0 Å². The fraction of sp³-hybridized carbons (Fsp3) is 0.583. The zero-order valence-electron chi connectivity index (χ0n) is 9.78. The predicted molar refractivity (Wildman–Crippen MR) is 70.5 cm³/mol. The fourth-order valence-corrected chi connectivity index (χ4v) is 2.55. The van der Waals surface area contributed by atoms with Crippen LogP contribution in [0.3, 0.4) is 0 Å². The summed E-state index contributed by atoms with van der Waals surface area (Å²) in [4.78, 5) is 6.83. The van der Waals surface area contributed by atoms with E-state index in [1.165, 1.54) is 36.3 Å². The van der Waals surface area contributed by atoms with Crippen LogP contribution in [0.1, 0.15) is 31.9 Å². The second-order valence-electron chi connectivity index (χ2n) is 4.20. The smallest absolute Gasteiger partial charge is 0.180 e. The van der Waals surface area contributed by atoms with Crippen molar-refractivity contribution in [2.24, 2.45) is 0 Å². The number of nitrogen functional groups attached to an aromatic ring is 1. The maximum atomic E-state index is 5.65. The molecule has 0 amide bonds. The van der Waals surface area contributed by atoms with Gasteiger partial charge in [0.05, 0.1) is 5.69 Å². The van der Waals surface area contributed by atoms with Crippen LogP contribution in [0.4, 0.5) is 5.13 Å². The molecule has 0 atom stereocenters. The lowest BCUT2D eigenvalue weighted by Crippen LogP contribution is -2.29. The number of hydrogen-bond acceptors (Lipinski definition) is 4. The Balaban J connectivity index is 1.93. The summed E-state index contributed by atoms with van der Waals surface area (Å²) in [6, 6.07) is 0. The minimum Gasteiger partial charge on any atom is -0.375 e. The molecule has 0 bridgehead atoms. The van der Waals surface area contributed by atoms with Crippen LogP contribution in [0, 0.1) is 0 Å². The number of rotatable bonds is 4. The van der Waals surface area contributed by atoms with Gasteiger partial charge in [0.1, 0.15) is 0 Å². The molecule has 1 aliphatic heterocycles. The van der Waals surface area contributed by atoms with Gasteiger partial charge in [0, 0.05) is 18.5 Å². The van der Waals surface area contributed by atoms with Crippen molar-refractivity contribution in [3.05, 3.63) is 17.2 Å². The first-order chi connectivity index (χ1) is 7.79. The predicted octanol–water partition coefficient (Wildman–Crippen LogP) is 2.61. The Morgan fingerprint density at radius 2 is 2.44 bits per heavy atom. The maximum absolute atomic E-state index is 5.65. The summed E-state index contributed by atoms with van der Waals surface area (Å²) in [6.07, 6.45) is 5.98. The number of nitrogens with zero attached hydrogens (tertiary/aromatic N) is 2. The molecule has 2 heterocycles. The van der Waals surface area contributed by atoms with Crippen LogP contribution in [0.2, 0.25) is 0 Å². The molecule has 1 aliphatic rings. The highest BCUT2D eigenvalue weighted by molar-refractivity contribution is 7.13. The van der Waals surface area contributed by atoms with Crippen molar-refractivity contribution in [2.45, 2.75) is 26.2 Å². The van der Waals surface area contributed by atoms with Crippen LogP contribution >= 0.6 is 11.3 Å². The molecule has 88 valence electrons. The molecule has 0 fully saturated rings. The van der Waals surface area contributed by atoms with Gasteiger partial charge < -0.3 is 5.73 Å². The number of unbranched alkanes of at least 4 members (excludes halogenated alkanes) is 1. The Bertz CT molecular complexity index is 370. The van der Waals surface area contributed by atoms with Crippen molar-refractivity contribution in [3.63, 3.8) is 0 Å². The Kier molecular flexibility index (Phi) is 3.96. The average Bonchev–Trinajstić information content (AvgIpc) is 2.74. The van der Waals surface area contributed by atoms with Gasteiger partial charge in [-0.1, -0.05) is 19.4 Å². The monoisotopic (exact) mass is 237 g/mol. The largest absolute Gasteiger partial charge is 0.375 e. The van der Waals surface area contributed by atoms with Gasteiger partial charge in [-0.3, -0.25) is 4.90 Å². The molecule has 2 N–H and O–H groups in total. The van der Waals surface area contributed by atoms with E-state index in [-0.39, 0.29) is 0 Å². The molecule has 0 saturated carbocycles. The van der Waals surface area contributed by atoms with Crippen LogP contribution in [0.15, 0.2) is 11.5 Å². The fourth-order valence-electron chi connectivity index (χ4n) is 1.96. The Morgan fingerprint density at radius 3 is 3.00 bits per heavy atom. The van der Waals surface area contributed by atoms with Crippen LogP contribution in [0.5, 0.6) is 0 Å². The third kappa shape index (κ3) is 2.83. The van der Waals surface area contributed by atoms with E-state index in [2.05, 4.69) is 28.3 Å². The van der Waals surface area contributed by atoms with Crippen LogP contribution in [-0.2, 0) is 0 Å². The van der Waals surface area contributed by atoms with Gasteiger partial charge in [-0.2, -0.15) is 0 Å². The normalized spacial score (nSPS) is 17.4. The van der Waals surface area contributed by atoms with Gasteiger partial charge in [0.2, 0.25) is 0 Å². The third-order valence-electron chi connectivity index (χ3n) is 2.97. The molecule has 0 spiro atoms. The summed E-state index contributed by atoms with van der Waals surface area (Å²) in [5.41, 5.74) is 8.09. The van der Waals surface area contributed by atoms with Gasteiger partial charge in [0.25, 0.3) is 0 Å². The summed E-state index contributed by atoms with van der Waals surface area (Å²) in [5.74, 6) is 0. The standard InChI is InChI=1S/C12H19N3S/c1-2-3-6-15-7-4-10(5-8-15)11-9-16-12(13)14-11/h4,9H,2-3,5-8H2,1H3,(H2,13,14). The first kappa shape index (κ1) is 11.6. The number of nitrogens with two attached hydrogens (primary N) is 1. The molecule has 0 unspecified atom stereocenters. The molecule has 1 aromatic rings. The third-order valence-corrected chi connectivity index (χ3v) is 3.65. The molecule has 4 heteroatoms. The molecule has 0 aromatic carbocycles. The van der Waals surface area contributed by atoms with Crippen molar-refractivity contribution < 1.29 is 0 Å². The summed E-state index contributed by atoms with van der Waals surface area (Å²) in [7, 11) is 0. The maximum Gasteiger partial charge on any atom is 0.180 e. The molecule has 1 aromatic heterocycles. The number of hydrogen-bond donors (Lipinski definition) is 1. The zero-order chi connectivity index (χ0) is 11.4. The highest BCUT2D eigenvalue weighted by atomic mass is 32.1. The minimum absolute atomic E-state index is 0.671. The van der Waals surface area contributed by atoms with Gasteiger partial charge in [0.15, 0.2) is 5.13 Å². The molecule has 0 aliphatic carbocycles. The van der Waals surface area contributed by atoms with Crippen molar-refractivity contribution in [3.8, 4) is 0 Å². The van der Waals surface area contributed by atoms with Crippen molar-refractivity contribution in [2.75, 3.05) is 25.4 Å². The van der Waals surface area contributed by atoms with E-state index in [0.29, 0.717) is 5.13 Å². The van der Waals surface area contributed by atoms with Crippen LogP contribution in [-0.4, -0.2) is 29.5 Å². The second kappa shape index (κ2) is 5.46. The molecule has 16 heavy (non-hydrogen) atoms. The second-order valence-corrected chi connectivity index (χ2v) is 5.09. The summed E-state index contributed by atoms with van der Waals surface area (Å²) in [5, 5.41) is 2.73. The van der Waals surface area contributed by atoms with Gasteiger partial charge in [-0.15, -0.1) is 11.3 Å². The van der Waals surface area contributed by atoms with Gasteiger partial charge in [-0.25, -0.2) is 4.98 Å². The molecular formula is C12H19N3S. The minimum atomic E-state index is 0.671. The number of anilines is 1. The topological polar surface area (TPSA) is 42.1 Å². The lowest BCUT2D eigenvalue weighted by molar-refractivity contribution is 0.297. The first-order valence-corrected chi connectivity index (χ1v) is 6.80. The lowest BCUT2D eigenvalue weighted by atomic mass is 10.1. The number of aromatic nitrogens is 1. The Morgan fingerprint density at radius 1 is 1.56 bits per heavy atom. The van der Waals surface area contributed by atoms with E-state index >= 15 is 0 Å². The number of thiazole rings is 1. The molecular weight excluding hydrogens is 218 g/mol. The quantitative estimate of drug-likeness (QED) is 0.875. The van der Waals surface area contributed by atoms with E-state index in [9.17, 15) is 0 Å². The highest BCUT2D eigenvalue weighted by Gasteiger charge is 2.13. The van der Waals surface area contributed by atoms with Gasteiger partial charge in [-0.05, 0) is 25.0 Å². The van der Waals surface area contributed by atoms with Crippen molar-refractivity contribution in [1.29, 1.82) is 0 Å². The van der Waals surface area contributed by atoms with Crippen LogP contribution < -0.4 is 5.73 Å². The lowest BCUT2D eigenvalue weighted by Gasteiger charge is -2.25. The molecule has 3 nitrogen and oxygen atoms in total. The Labute approximate surface area is 101 Å². The zero-order valence-corrected chi connectivity index (χ0v) is 10.6. The van der Waals surface area contributed by atoms with E-state index in [0.717, 1.165) is 25.2 Å².